The lowest BCUT2D eigenvalue weighted by Crippen LogP contribution is -2.48. The van der Waals surface area contributed by atoms with Crippen LogP contribution in [0, 0.1) is 0 Å². The molecule has 7 nitrogen and oxygen atoms in total. The molecule has 1 aliphatic rings. The summed E-state index contributed by atoms with van der Waals surface area (Å²) in [7, 11) is 0. The maximum Gasteiger partial charge on any atom is 0.254 e. The SMILES string of the molecule is O=C(c1cccc(OCc2ccccc2)c1)N1CCN(Cc2nc(-c3cccs3)no2)CC1. The summed E-state index contributed by atoms with van der Waals surface area (Å²) in [6, 6.07) is 21.3. The summed E-state index contributed by atoms with van der Waals surface area (Å²) in [5.41, 5.74) is 1.74. The van der Waals surface area contributed by atoms with Gasteiger partial charge in [0.05, 0.1) is 11.4 Å². The van der Waals surface area contributed by atoms with Gasteiger partial charge in [-0.2, -0.15) is 4.98 Å². The number of hydrogen-bond donors (Lipinski definition) is 0. The van der Waals surface area contributed by atoms with Crippen LogP contribution in [0.15, 0.2) is 76.6 Å². The monoisotopic (exact) mass is 460 g/mol. The van der Waals surface area contributed by atoms with Crippen molar-refractivity contribution in [1.82, 2.24) is 19.9 Å². The molecule has 1 aliphatic heterocycles. The van der Waals surface area contributed by atoms with Crippen molar-refractivity contribution in [3.63, 3.8) is 0 Å². The van der Waals surface area contributed by atoms with Crippen molar-refractivity contribution in [2.45, 2.75) is 13.2 Å². The molecule has 168 valence electrons. The highest BCUT2D eigenvalue weighted by Crippen LogP contribution is 2.22. The first-order valence-electron chi connectivity index (χ1n) is 10.9. The summed E-state index contributed by atoms with van der Waals surface area (Å²) in [5, 5.41) is 6.06. The van der Waals surface area contributed by atoms with E-state index in [0.717, 1.165) is 23.5 Å². The van der Waals surface area contributed by atoms with E-state index in [1.807, 2.05) is 77.0 Å². The van der Waals surface area contributed by atoms with Gasteiger partial charge in [0, 0.05) is 31.7 Å². The zero-order valence-corrected chi connectivity index (χ0v) is 18.9. The Labute approximate surface area is 196 Å². The van der Waals surface area contributed by atoms with Crippen LogP contribution in [0.5, 0.6) is 5.75 Å². The van der Waals surface area contributed by atoms with E-state index >= 15 is 0 Å². The van der Waals surface area contributed by atoms with Gasteiger partial charge in [-0.1, -0.05) is 47.6 Å². The van der Waals surface area contributed by atoms with E-state index in [4.69, 9.17) is 9.26 Å². The molecule has 0 unspecified atom stereocenters. The number of benzene rings is 2. The minimum Gasteiger partial charge on any atom is -0.489 e. The van der Waals surface area contributed by atoms with Gasteiger partial charge < -0.3 is 14.2 Å². The molecule has 33 heavy (non-hydrogen) atoms. The molecule has 5 rings (SSSR count). The van der Waals surface area contributed by atoms with E-state index in [2.05, 4.69) is 15.0 Å². The lowest BCUT2D eigenvalue weighted by Gasteiger charge is -2.34. The van der Waals surface area contributed by atoms with Crippen molar-refractivity contribution in [3.8, 4) is 16.5 Å². The number of hydrogen-bond acceptors (Lipinski definition) is 7. The molecular formula is C25H24N4O3S. The number of carbonyl (C=O) groups is 1. The maximum atomic E-state index is 13.0. The predicted octanol–water partition coefficient (Wildman–Crippen LogP) is 4.34. The minimum atomic E-state index is 0.0255. The second-order valence-electron chi connectivity index (χ2n) is 7.86. The lowest BCUT2D eigenvalue weighted by atomic mass is 10.1. The number of rotatable bonds is 7. The molecule has 1 fully saturated rings. The number of piperazine rings is 1. The maximum absolute atomic E-state index is 13.0. The number of amides is 1. The van der Waals surface area contributed by atoms with Crippen LogP contribution >= 0.6 is 11.3 Å². The standard InChI is InChI=1S/C25H24N4O3S/c30-25(20-8-4-9-21(16-20)31-18-19-6-2-1-3-7-19)29-13-11-28(12-14-29)17-23-26-24(27-32-23)22-10-5-15-33-22/h1-10,15-16H,11-14,17-18H2. The van der Waals surface area contributed by atoms with E-state index in [1.165, 1.54) is 0 Å². The second-order valence-corrected chi connectivity index (χ2v) is 8.81. The Morgan fingerprint density at radius 2 is 1.85 bits per heavy atom. The Bertz CT molecular complexity index is 1190. The second kappa shape index (κ2) is 9.97. The van der Waals surface area contributed by atoms with Gasteiger partial charge >= 0.3 is 0 Å². The number of thiophene rings is 1. The highest BCUT2D eigenvalue weighted by Gasteiger charge is 2.24. The van der Waals surface area contributed by atoms with Gasteiger partial charge in [0.2, 0.25) is 11.7 Å². The van der Waals surface area contributed by atoms with Crippen molar-refractivity contribution < 1.29 is 14.1 Å². The van der Waals surface area contributed by atoms with Crippen molar-refractivity contribution in [1.29, 1.82) is 0 Å². The Kier molecular flexibility index (Phi) is 6.46. The molecule has 0 aliphatic carbocycles. The molecule has 0 spiro atoms. The number of carbonyl (C=O) groups excluding carboxylic acids is 1. The van der Waals surface area contributed by atoms with Crippen LogP contribution < -0.4 is 4.74 Å². The van der Waals surface area contributed by atoms with E-state index in [9.17, 15) is 4.79 Å². The summed E-state index contributed by atoms with van der Waals surface area (Å²) in [6.45, 7) is 3.88. The molecule has 2 aromatic heterocycles. The molecule has 3 heterocycles. The van der Waals surface area contributed by atoms with E-state index in [1.54, 1.807) is 11.3 Å². The van der Waals surface area contributed by atoms with Crippen LogP contribution in [0.3, 0.4) is 0 Å². The van der Waals surface area contributed by atoms with Crippen LogP contribution in [0.25, 0.3) is 10.7 Å². The summed E-state index contributed by atoms with van der Waals surface area (Å²) in [5.74, 6) is 1.95. The summed E-state index contributed by atoms with van der Waals surface area (Å²) in [4.78, 5) is 22.6. The quantitative estimate of drug-likeness (QED) is 0.409. The van der Waals surface area contributed by atoms with Gasteiger partial charge in [0.1, 0.15) is 12.4 Å². The first kappa shape index (κ1) is 21.4. The lowest BCUT2D eigenvalue weighted by molar-refractivity contribution is 0.0614. The highest BCUT2D eigenvalue weighted by molar-refractivity contribution is 7.13. The molecule has 0 saturated carbocycles. The number of nitrogens with zero attached hydrogens (tertiary/aromatic N) is 4. The number of aromatic nitrogens is 2. The Hall–Kier alpha value is -3.49. The van der Waals surface area contributed by atoms with Crippen LogP contribution in [-0.2, 0) is 13.2 Å². The molecule has 1 saturated heterocycles. The first-order chi connectivity index (χ1) is 16.2. The fourth-order valence-corrected chi connectivity index (χ4v) is 4.42. The van der Waals surface area contributed by atoms with Crippen molar-refractivity contribution >= 4 is 17.2 Å². The summed E-state index contributed by atoms with van der Waals surface area (Å²) < 4.78 is 11.3. The normalized spacial score (nSPS) is 14.4. The van der Waals surface area contributed by atoms with E-state index in [-0.39, 0.29) is 5.91 Å². The van der Waals surface area contributed by atoms with Crippen molar-refractivity contribution in [3.05, 3.63) is 89.1 Å². The first-order valence-corrected chi connectivity index (χ1v) is 11.8. The third-order valence-electron chi connectivity index (χ3n) is 5.56. The molecular weight excluding hydrogens is 436 g/mol. The fourth-order valence-electron chi connectivity index (χ4n) is 3.77. The van der Waals surface area contributed by atoms with E-state index in [0.29, 0.717) is 49.3 Å². The average Bonchev–Trinajstić information content (AvgIpc) is 3.56. The Morgan fingerprint density at radius 3 is 2.64 bits per heavy atom. The number of ether oxygens (including phenoxy) is 1. The zero-order valence-electron chi connectivity index (χ0n) is 18.1. The van der Waals surface area contributed by atoms with Gasteiger partial charge in [-0.05, 0) is 35.2 Å². The average molecular weight is 461 g/mol. The van der Waals surface area contributed by atoms with Crippen LogP contribution in [0.1, 0.15) is 21.8 Å². The third-order valence-corrected chi connectivity index (χ3v) is 6.42. The topological polar surface area (TPSA) is 71.7 Å². The van der Waals surface area contributed by atoms with Crippen LogP contribution in [-0.4, -0.2) is 52.0 Å². The molecule has 4 aromatic rings. The minimum absolute atomic E-state index is 0.0255. The van der Waals surface area contributed by atoms with Gasteiger partial charge in [-0.3, -0.25) is 9.69 Å². The fraction of sp³-hybridized carbons (Fsp3) is 0.240. The molecule has 1 amide bonds. The smallest absolute Gasteiger partial charge is 0.254 e. The molecule has 0 bridgehead atoms. The van der Waals surface area contributed by atoms with Gasteiger partial charge in [0.15, 0.2) is 0 Å². The molecule has 0 radical (unpaired) electrons. The van der Waals surface area contributed by atoms with Crippen LogP contribution in [0.4, 0.5) is 0 Å². The van der Waals surface area contributed by atoms with Crippen molar-refractivity contribution in [2.24, 2.45) is 0 Å². The zero-order chi connectivity index (χ0) is 22.5. The molecule has 0 atom stereocenters. The summed E-state index contributed by atoms with van der Waals surface area (Å²) in [6.07, 6.45) is 0. The van der Waals surface area contributed by atoms with E-state index < -0.39 is 0 Å². The van der Waals surface area contributed by atoms with Crippen molar-refractivity contribution in [2.75, 3.05) is 26.2 Å². The predicted molar refractivity (Wildman–Crippen MR) is 126 cm³/mol. The van der Waals surface area contributed by atoms with Gasteiger partial charge in [0.25, 0.3) is 5.91 Å². The third kappa shape index (κ3) is 5.30. The molecule has 2 aromatic carbocycles. The van der Waals surface area contributed by atoms with Gasteiger partial charge in [-0.25, -0.2) is 0 Å². The molecule has 0 N–H and O–H groups in total. The van der Waals surface area contributed by atoms with Gasteiger partial charge in [-0.15, -0.1) is 11.3 Å². The largest absolute Gasteiger partial charge is 0.489 e. The van der Waals surface area contributed by atoms with Crippen LogP contribution in [0.2, 0.25) is 0 Å². The Morgan fingerprint density at radius 1 is 1.00 bits per heavy atom. The highest BCUT2D eigenvalue weighted by atomic mass is 32.1. The molecule has 8 heteroatoms. The summed E-state index contributed by atoms with van der Waals surface area (Å²) >= 11 is 1.59. The Balaban J connectivity index is 1.14.